The van der Waals surface area contributed by atoms with E-state index < -0.39 is 16.7 Å². The zero-order valence-electron chi connectivity index (χ0n) is 14.8. The number of para-hydroxylation sites is 1. The van der Waals surface area contributed by atoms with Gasteiger partial charge in [0.2, 0.25) is 5.75 Å². The van der Waals surface area contributed by atoms with Crippen LogP contribution in [-0.2, 0) is 11.3 Å². The molecule has 2 heterocycles. The molecule has 138 valence electrons. The van der Waals surface area contributed by atoms with Gasteiger partial charge in [-0.15, -0.1) is 0 Å². The molecule has 3 aromatic rings. The summed E-state index contributed by atoms with van der Waals surface area (Å²) >= 11 is 0. The number of nitrogens with zero attached hydrogens (tertiary/aromatic N) is 3. The van der Waals surface area contributed by atoms with Gasteiger partial charge in [-0.05, 0) is 47.5 Å². The first-order valence-corrected chi connectivity index (χ1v) is 8.30. The Bertz CT molecular complexity index is 1020. The van der Waals surface area contributed by atoms with E-state index in [4.69, 9.17) is 9.47 Å². The number of carbonyl (C=O) groups excluding carboxylic acids is 1. The molecule has 0 unspecified atom stereocenters. The highest BCUT2D eigenvalue weighted by molar-refractivity contribution is 5.98. The van der Waals surface area contributed by atoms with Gasteiger partial charge in [-0.25, -0.2) is 9.78 Å². The van der Waals surface area contributed by atoms with Gasteiger partial charge in [-0.3, -0.25) is 0 Å². The summed E-state index contributed by atoms with van der Waals surface area (Å²) in [6, 6.07) is 10.4. The number of nitro groups is 1. The molecule has 0 radical (unpaired) electrons. The van der Waals surface area contributed by atoms with Crippen LogP contribution in [0.5, 0.6) is 5.75 Å². The molecule has 27 heavy (non-hydrogen) atoms. The molecule has 0 aliphatic rings. The van der Waals surface area contributed by atoms with Crippen molar-refractivity contribution in [2.45, 2.75) is 20.5 Å². The molecule has 3 rings (SSSR count). The molecule has 8 nitrogen and oxygen atoms in total. The van der Waals surface area contributed by atoms with E-state index in [-0.39, 0.29) is 19.0 Å². The lowest BCUT2D eigenvalue weighted by atomic mass is 10.0. The number of rotatable bonds is 6. The predicted octanol–water partition coefficient (Wildman–Crippen LogP) is 3.60. The number of pyridine rings is 2. The zero-order chi connectivity index (χ0) is 19.4. The fraction of sp³-hybridized carbons (Fsp3) is 0.211. The Hall–Kier alpha value is -3.55. The molecule has 0 bridgehead atoms. The van der Waals surface area contributed by atoms with E-state index in [1.807, 2.05) is 31.2 Å². The molecule has 1 aromatic carbocycles. The standard InChI is InChI=1S/C19H17N3O5/c1-3-26-19(23)17-12(2)13-7-4-5-8-14(13)21-15(17)11-27-16-9-6-10-20-18(16)22(24)25/h4-10H,3,11H2,1-2H3. The maximum atomic E-state index is 12.5. The van der Waals surface area contributed by atoms with Crippen molar-refractivity contribution in [1.29, 1.82) is 0 Å². The summed E-state index contributed by atoms with van der Waals surface area (Å²) in [5, 5.41) is 11.9. The highest BCUT2D eigenvalue weighted by Gasteiger charge is 2.22. The Morgan fingerprint density at radius 2 is 2.00 bits per heavy atom. The largest absolute Gasteiger partial charge is 0.479 e. The van der Waals surface area contributed by atoms with Crippen molar-refractivity contribution in [3.63, 3.8) is 0 Å². The molecule has 0 aliphatic carbocycles. The van der Waals surface area contributed by atoms with Gasteiger partial charge in [0.1, 0.15) is 12.8 Å². The van der Waals surface area contributed by atoms with E-state index in [2.05, 4.69) is 9.97 Å². The molecule has 0 saturated carbocycles. The highest BCUT2D eigenvalue weighted by Crippen LogP contribution is 2.27. The fourth-order valence-electron chi connectivity index (χ4n) is 2.80. The molecule has 2 aromatic heterocycles. The average molecular weight is 367 g/mol. The molecule has 0 saturated heterocycles. The quantitative estimate of drug-likeness (QED) is 0.372. The molecular formula is C19H17N3O5. The molecule has 0 aliphatic heterocycles. The monoisotopic (exact) mass is 367 g/mol. The minimum absolute atomic E-state index is 0.00456. The van der Waals surface area contributed by atoms with Gasteiger partial charge in [0, 0.05) is 5.39 Å². The summed E-state index contributed by atoms with van der Waals surface area (Å²) in [7, 11) is 0. The minimum atomic E-state index is -0.624. The number of carbonyl (C=O) groups is 1. The molecule has 8 heteroatoms. The Morgan fingerprint density at radius 1 is 1.22 bits per heavy atom. The second kappa shape index (κ2) is 7.77. The third kappa shape index (κ3) is 3.69. The van der Waals surface area contributed by atoms with Gasteiger partial charge in [0.15, 0.2) is 0 Å². The van der Waals surface area contributed by atoms with Gasteiger partial charge in [-0.1, -0.05) is 18.2 Å². The van der Waals surface area contributed by atoms with Gasteiger partial charge in [0.25, 0.3) is 0 Å². The van der Waals surface area contributed by atoms with Crippen molar-refractivity contribution in [3.8, 4) is 5.75 Å². The first-order valence-electron chi connectivity index (χ1n) is 8.30. The molecule has 0 fully saturated rings. The number of fused-ring (bicyclic) bond motifs is 1. The third-order valence-electron chi connectivity index (χ3n) is 3.99. The van der Waals surface area contributed by atoms with Crippen LogP contribution in [0.4, 0.5) is 5.82 Å². The summed E-state index contributed by atoms with van der Waals surface area (Å²) in [4.78, 5) is 31.2. The van der Waals surface area contributed by atoms with Gasteiger partial charge < -0.3 is 19.6 Å². The number of ether oxygens (including phenoxy) is 2. The Labute approximate surface area is 154 Å². The van der Waals surface area contributed by atoms with Crippen molar-refractivity contribution in [2.24, 2.45) is 0 Å². The summed E-state index contributed by atoms with van der Waals surface area (Å²) in [6.45, 7) is 3.62. The number of hydrogen-bond donors (Lipinski definition) is 0. The zero-order valence-corrected chi connectivity index (χ0v) is 14.8. The number of hydrogen-bond acceptors (Lipinski definition) is 7. The first kappa shape index (κ1) is 18.2. The van der Waals surface area contributed by atoms with Crippen LogP contribution >= 0.6 is 0 Å². The SMILES string of the molecule is CCOC(=O)c1c(COc2cccnc2[N+](=O)[O-])nc2ccccc2c1C. The Morgan fingerprint density at radius 3 is 2.74 bits per heavy atom. The third-order valence-corrected chi connectivity index (χ3v) is 3.99. The Kier molecular flexibility index (Phi) is 5.25. The van der Waals surface area contributed by atoms with Gasteiger partial charge in [0.05, 0.1) is 23.4 Å². The van der Waals surface area contributed by atoms with Crippen LogP contribution in [0.2, 0.25) is 0 Å². The molecule has 0 atom stereocenters. The maximum absolute atomic E-state index is 12.5. The highest BCUT2D eigenvalue weighted by atomic mass is 16.6. The summed E-state index contributed by atoms with van der Waals surface area (Å²) < 4.78 is 10.7. The van der Waals surface area contributed by atoms with Crippen LogP contribution in [0.25, 0.3) is 10.9 Å². The van der Waals surface area contributed by atoms with E-state index in [0.29, 0.717) is 16.8 Å². The van der Waals surface area contributed by atoms with Crippen molar-refractivity contribution in [1.82, 2.24) is 9.97 Å². The van der Waals surface area contributed by atoms with Crippen LogP contribution in [0, 0.1) is 17.0 Å². The number of benzene rings is 1. The lowest BCUT2D eigenvalue weighted by molar-refractivity contribution is -0.390. The van der Waals surface area contributed by atoms with E-state index >= 15 is 0 Å². The van der Waals surface area contributed by atoms with Gasteiger partial charge in [-0.2, -0.15) is 0 Å². The fourth-order valence-corrected chi connectivity index (χ4v) is 2.80. The maximum Gasteiger partial charge on any atom is 0.406 e. The first-order chi connectivity index (χ1) is 13.0. The number of aryl methyl sites for hydroxylation is 1. The van der Waals surface area contributed by atoms with E-state index in [0.717, 1.165) is 10.9 Å². The summed E-state index contributed by atoms with van der Waals surface area (Å²) in [5.74, 6) is -0.898. The normalized spacial score (nSPS) is 10.6. The average Bonchev–Trinajstić information content (AvgIpc) is 2.66. The van der Waals surface area contributed by atoms with E-state index in [9.17, 15) is 14.9 Å². The van der Waals surface area contributed by atoms with Crippen LogP contribution in [0.15, 0.2) is 42.6 Å². The topological polar surface area (TPSA) is 104 Å². The summed E-state index contributed by atoms with van der Waals surface area (Å²) in [5.41, 5.74) is 2.07. The molecular weight excluding hydrogens is 350 g/mol. The molecule has 0 amide bonds. The Balaban J connectivity index is 2.04. The van der Waals surface area contributed by atoms with Crippen molar-refractivity contribution in [2.75, 3.05) is 6.61 Å². The van der Waals surface area contributed by atoms with Crippen LogP contribution in [0.1, 0.15) is 28.5 Å². The van der Waals surface area contributed by atoms with Crippen molar-refractivity contribution >= 4 is 22.7 Å². The number of aromatic nitrogens is 2. The van der Waals surface area contributed by atoms with E-state index in [1.165, 1.54) is 18.3 Å². The lowest BCUT2D eigenvalue weighted by Crippen LogP contribution is -2.14. The van der Waals surface area contributed by atoms with E-state index in [1.54, 1.807) is 6.92 Å². The smallest absolute Gasteiger partial charge is 0.406 e. The predicted molar refractivity (Wildman–Crippen MR) is 97.7 cm³/mol. The summed E-state index contributed by atoms with van der Waals surface area (Å²) in [6.07, 6.45) is 1.31. The second-order valence-corrected chi connectivity index (χ2v) is 5.67. The molecule has 0 N–H and O–H groups in total. The number of esters is 1. The van der Waals surface area contributed by atoms with Crippen molar-refractivity contribution < 1.29 is 19.2 Å². The van der Waals surface area contributed by atoms with Gasteiger partial charge >= 0.3 is 11.8 Å². The van der Waals surface area contributed by atoms with Crippen molar-refractivity contribution in [3.05, 3.63) is 69.5 Å². The minimum Gasteiger partial charge on any atom is -0.479 e. The van der Waals surface area contributed by atoms with Crippen LogP contribution < -0.4 is 4.74 Å². The lowest BCUT2D eigenvalue weighted by Gasteiger charge is -2.14. The second-order valence-electron chi connectivity index (χ2n) is 5.67. The molecule has 0 spiro atoms. The van der Waals surface area contributed by atoms with Crippen LogP contribution in [0.3, 0.4) is 0 Å². The van der Waals surface area contributed by atoms with Crippen LogP contribution in [-0.4, -0.2) is 27.5 Å².